The molecule has 0 saturated heterocycles. The van der Waals surface area contributed by atoms with Crippen molar-refractivity contribution in [1.29, 1.82) is 0 Å². The van der Waals surface area contributed by atoms with Crippen LogP contribution in [0.15, 0.2) is 16.8 Å². The zero-order chi connectivity index (χ0) is 11.8. The predicted octanol–water partition coefficient (Wildman–Crippen LogP) is 2.64. The molecule has 1 rings (SSSR count). The van der Waals surface area contributed by atoms with Crippen LogP contribution in [-0.4, -0.2) is 19.0 Å². The summed E-state index contributed by atoms with van der Waals surface area (Å²) >= 11 is 0. The van der Waals surface area contributed by atoms with E-state index < -0.39 is 35.9 Å². The highest BCUT2D eigenvalue weighted by Gasteiger charge is 2.46. The first kappa shape index (κ1) is 11.9. The van der Waals surface area contributed by atoms with Crippen molar-refractivity contribution in [3.8, 4) is 0 Å². The largest absolute Gasteiger partial charge is 0.418 e. The molecule has 0 saturated carbocycles. The Balaban J connectivity index is 3.18. The molecule has 1 aliphatic heterocycles. The molecule has 0 aromatic heterocycles. The zero-order valence-electron chi connectivity index (χ0n) is 6.75. The highest BCUT2D eigenvalue weighted by Crippen LogP contribution is 2.40. The van der Waals surface area contributed by atoms with Gasteiger partial charge >= 0.3 is 6.18 Å². The Morgan fingerprint density at radius 3 is 1.87 bits per heavy atom. The van der Waals surface area contributed by atoms with E-state index in [2.05, 4.69) is 5.32 Å². The van der Waals surface area contributed by atoms with E-state index in [0.29, 0.717) is 0 Å². The van der Waals surface area contributed by atoms with Crippen molar-refractivity contribution >= 4 is 0 Å². The third-order valence-electron chi connectivity index (χ3n) is 1.53. The van der Waals surface area contributed by atoms with Gasteiger partial charge in [-0.25, -0.2) is 22.9 Å². The van der Waals surface area contributed by atoms with Gasteiger partial charge in [0.1, 0.15) is 5.70 Å². The van der Waals surface area contributed by atoms with Crippen molar-refractivity contribution < 1.29 is 30.7 Å². The third kappa shape index (κ3) is 2.24. The van der Waals surface area contributed by atoms with Crippen LogP contribution < -0.4 is 5.32 Å². The minimum Gasteiger partial charge on any atom is -0.244 e. The molecule has 2 radical (unpaired) electrons. The van der Waals surface area contributed by atoms with Gasteiger partial charge in [-0.15, -0.1) is 0 Å². The van der Waals surface area contributed by atoms with E-state index in [1.54, 1.807) is 0 Å². The van der Waals surface area contributed by atoms with Gasteiger partial charge < -0.3 is 0 Å². The van der Waals surface area contributed by atoms with E-state index in [4.69, 9.17) is 0 Å². The van der Waals surface area contributed by atoms with Gasteiger partial charge in [0, 0.05) is 0 Å². The standard InChI is InChI=1S/C7H2F7N/c8-5(9)2-1-15-4(6(10)11)3(2)7(12,13)14/h5-6H. The van der Waals surface area contributed by atoms with Gasteiger partial charge in [-0.2, -0.15) is 13.2 Å². The number of nitrogens with zero attached hydrogens (tertiary/aromatic N) is 1. The highest BCUT2D eigenvalue weighted by molar-refractivity contribution is 5.43. The minimum atomic E-state index is -5.29. The van der Waals surface area contributed by atoms with Crippen LogP contribution in [0.4, 0.5) is 30.7 Å². The second-order valence-corrected chi connectivity index (χ2v) is 2.50. The van der Waals surface area contributed by atoms with E-state index in [1.165, 1.54) is 6.20 Å². The van der Waals surface area contributed by atoms with Gasteiger partial charge in [0.15, 0.2) is 0 Å². The number of allylic oxidation sites excluding steroid dienone is 3. The lowest BCUT2D eigenvalue weighted by Crippen LogP contribution is -2.20. The molecular formula is C7H2F7N. The Hall–Kier alpha value is -1.21. The molecule has 0 atom stereocenters. The number of hydrogen-bond acceptors (Lipinski definition) is 0. The van der Waals surface area contributed by atoms with Crippen LogP contribution in [0.2, 0.25) is 0 Å². The summed E-state index contributed by atoms with van der Waals surface area (Å²) in [5.74, 6) is 0. The second-order valence-electron chi connectivity index (χ2n) is 2.50. The van der Waals surface area contributed by atoms with Gasteiger partial charge in [-0.05, 0) is 0 Å². The van der Waals surface area contributed by atoms with Gasteiger partial charge in [0.05, 0.1) is 17.3 Å². The van der Waals surface area contributed by atoms with Gasteiger partial charge in [-0.3, -0.25) is 0 Å². The summed E-state index contributed by atoms with van der Waals surface area (Å²) in [6.45, 7) is 0. The number of hydrogen-bond donors (Lipinski definition) is 0. The summed E-state index contributed by atoms with van der Waals surface area (Å²) in [6, 6.07) is 0. The first-order chi connectivity index (χ1) is 6.75. The molecule has 0 amide bonds. The minimum absolute atomic E-state index is 1.26. The van der Waals surface area contributed by atoms with E-state index in [0.717, 1.165) is 0 Å². The Morgan fingerprint density at radius 2 is 1.53 bits per heavy atom. The van der Waals surface area contributed by atoms with Crippen molar-refractivity contribution in [2.75, 3.05) is 0 Å². The molecule has 0 aliphatic carbocycles. The molecule has 84 valence electrons. The van der Waals surface area contributed by atoms with Crippen molar-refractivity contribution in [3.63, 3.8) is 0 Å². The topological polar surface area (TPSA) is 14.1 Å². The lowest BCUT2D eigenvalue weighted by atomic mass is 10.1. The van der Waals surface area contributed by atoms with Crippen LogP contribution >= 0.6 is 0 Å². The maximum Gasteiger partial charge on any atom is 0.418 e. The van der Waals surface area contributed by atoms with Gasteiger partial charge in [0.25, 0.3) is 12.9 Å². The molecule has 15 heavy (non-hydrogen) atoms. The molecule has 0 aromatic rings. The average Bonchev–Trinajstić information content (AvgIpc) is 2.45. The molecule has 0 unspecified atom stereocenters. The second kappa shape index (κ2) is 3.74. The SMILES string of the molecule is FC(F)C1=[C][N]C(C(F)F)=C1C(F)(F)F. The summed E-state index contributed by atoms with van der Waals surface area (Å²) < 4.78 is 84.5. The quantitative estimate of drug-likeness (QED) is 0.651. The molecule has 0 spiro atoms. The predicted molar refractivity (Wildman–Crippen MR) is 34.0 cm³/mol. The fourth-order valence-electron chi connectivity index (χ4n) is 0.984. The van der Waals surface area contributed by atoms with Crippen LogP contribution in [0.25, 0.3) is 0 Å². The van der Waals surface area contributed by atoms with E-state index in [1.807, 2.05) is 0 Å². The maximum absolute atomic E-state index is 12.1. The zero-order valence-corrected chi connectivity index (χ0v) is 6.75. The molecule has 1 heterocycles. The van der Waals surface area contributed by atoms with E-state index in [-0.39, 0.29) is 0 Å². The number of alkyl halides is 7. The monoisotopic (exact) mass is 233 g/mol. The number of rotatable bonds is 2. The van der Waals surface area contributed by atoms with E-state index in [9.17, 15) is 30.7 Å². The number of halogens is 7. The normalized spacial score (nSPS) is 17.5. The molecule has 1 aliphatic rings. The summed E-state index contributed by atoms with van der Waals surface area (Å²) in [4.78, 5) is 0. The molecule has 8 heteroatoms. The maximum atomic E-state index is 12.1. The van der Waals surface area contributed by atoms with Crippen molar-refractivity contribution in [2.24, 2.45) is 0 Å². The molecular weight excluding hydrogens is 231 g/mol. The molecule has 0 bridgehead atoms. The summed E-state index contributed by atoms with van der Waals surface area (Å²) in [7, 11) is 0. The fraction of sp³-hybridized carbons (Fsp3) is 0.429. The fourth-order valence-corrected chi connectivity index (χ4v) is 0.984. The van der Waals surface area contributed by atoms with Crippen LogP contribution in [0.3, 0.4) is 0 Å². The first-order valence-corrected chi connectivity index (χ1v) is 3.46. The van der Waals surface area contributed by atoms with Gasteiger partial charge in [0.2, 0.25) is 0 Å². The third-order valence-corrected chi connectivity index (χ3v) is 1.53. The Bertz CT molecular complexity index is 312. The molecule has 0 fully saturated rings. The van der Waals surface area contributed by atoms with Crippen molar-refractivity contribution in [3.05, 3.63) is 23.0 Å². The van der Waals surface area contributed by atoms with Crippen LogP contribution in [-0.2, 0) is 0 Å². The van der Waals surface area contributed by atoms with Crippen molar-refractivity contribution in [1.82, 2.24) is 5.32 Å². The van der Waals surface area contributed by atoms with Gasteiger partial charge in [-0.1, -0.05) is 0 Å². The molecule has 0 N–H and O–H groups in total. The highest BCUT2D eigenvalue weighted by atomic mass is 19.4. The Labute approximate surface area is 79.3 Å². The summed E-state index contributed by atoms with van der Waals surface area (Å²) in [6.07, 6.45) is -11.1. The van der Waals surface area contributed by atoms with Crippen molar-refractivity contribution in [2.45, 2.75) is 19.0 Å². The van der Waals surface area contributed by atoms with Crippen LogP contribution in [0.5, 0.6) is 0 Å². The Kier molecular flexibility index (Phi) is 2.96. The average molecular weight is 233 g/mol. The summed E-state index contributed by atoms with van der Waals surface area (Å²) in [5, 5.41) is 2.53. The van der Waals surface area contributed by atoms with Crippen LogP contribution in [0.1, 0.15) is 0 Å². The molecule has 1 nitrogen and oxygen atoms in total. The van der Waals surface area contributed by atoms with E-state index >= 15 is 0 Å². The lowest BCUT2D eigenvalue weighted by molar-refractivity contribution is -0.0931. The first-order valence-electron chi connectivity index (χ1n) is 3.46. The lowest BCUT2D eigenvalue weighted by Gasteiger charge is -2.12. The Morgan fingerprint density at radius 1 is 1.00 bits per heavy atom. The van der Waals surface area contributed by atoms with Crippen LogP contribution in [0, 0.1) is 6.20 Å². The smallest absolute Gasteiger partial charge is 0.244 e. The summed E-state index contributed by atoms with van der Waals surface area (Å²) in [5.41, 5.74) is -5.44. The molecule has 0 aromatic carbocycles.